The maximum Gasteiger partial charge on any atom is 0.146 e. The molecule has 2 aromatic carbocycles. The SMILES string of the molecule is COc1ccccc1CN(C)c1c(F)cccc1C(C)O. The lowest BCUT2D eigenvalue weighted by atomic mass is 10.1. The summed E-state index contributed by atoms with van der Waals surface area (Å²) in [5.41, 5.74) is 1.95. The fourth-order valence-corrected chi connectivity index (χ4v) is 2.44. The number of para-hydroxylation sites is 2. The van der Waals surface area contributed by atoms with Crippen molar-refractivity contribution in [2.75, 3.05) is 19.1 Å². The number of hydrogen-bond donors (Lipinski definition) is 1. The van der Waals surface area contributed by atoms with E-state index < -0.39 is 6.10 Å². The first-order valence-electron chi connectivity index (χ1n) is 6.84. The predicted octanol–water partition coefficient (Wildman–Crippen LogP) is 3.52. The van der Waals surface area contributed by atoms with Gasteiger partial charge in [0.1, 0.15) is 11.6 Å². The molecule has 0 spiro atoms. The van der Waals surface area contributed by atoms with Crippen molar-refractivity contribution < 1.29 is 14.2 Å². The second-order valence-electron chi connectivity index (χ2n) is 5.02. The van der Waals surface area contributed by atoms with Crippen LogP contribution >= 0.6 is 0 Å². The van der Waals surface area contributed by atoms with Gasteiger partial charge in [-0.3, -0.25) is 0 Å². The van der Waals surface area contributed by atoms with E-state index in [1.165, 1.54) is 6.07 Å². The van der Waals surface area contributed by atoms with Gasteiger partial charge in [0.15, 0.2) is 0 Å². The molecule has 21 heavy (non-hydrogen) atoms. The van der Waals surface area contributed by atoms with Crippen LogP contribution in [-0.4, -0.2) is 19.3 Å². The summed E-state index contributed by atoms with van der Waals surface area (Å²) in [5.74, 6) is 0.421. The van der Waals surface area contributed by atoms with Gasteiger partial charge in [-0.1, -0.05) is 30.3 Å². The first-order valence-corrected chi connectivity index (χ1v) is 6.84. The van der Waals surface area contributed by atoms with Crippen molar-refractivity contribution in [1.82, 2.24) is 0 Å². The minimum atomic E-state index is -0.726. The minimum Gasteiger partial charge on any atom is -0.496 e. The Labute approximate surface area is 124 Å². The molecule has 2 rings (SSSR count). The highest BCUT2D eigenvalue weighted by Gasteiger charge is 2.17. The fraction of sp³-hybridized carbons (Fsp3) is 0.294. The van der Waals surface area contributed by atoms with Crippen LogP contribution in [0.5, 0.6) is 5.75 Å². The number of ether oxygens (including phenoxy) is 1. The lowest BCUT2D eigenvalue weighted by molar-refractivity contribution is 0.199. The van der Waals surface area contributed by atoms with Crippen LogP contribution in [0.4, 0.5) is 10.1 Å². The number of anilines is 1. The van der Waals surface area contributed by atoms with Gasteiger partial charge in [-0.2, -0.15) is 0 Å². The van der Waals surface area contributed by atoms with E-state index in [1.54, 1.807) is 38.1 Å². The second-order valence-corrected chi connectivity index (χ2v) is 5.02. The Morgan fingerprint density at radius 2 is 1.90 bits per heavy atom. The second kappa shape index (κ2) is 6.59. The molecule has 0 heterocycles. The summed E-state index contributed by atoms with van der Waals surface area (Å²) in [5, 5.41) is 9.83. The van der Waals surface area contributed by atoms with Gasteiger partial charge < -0.3 is 14.7 Å². The van der Waals surface area contributed by atoms with Crippen molar-refractivity contribution in [2.45, 2.75) is 19.6 Å². The number of methoxy groups -OCH3 is 1. The van der Waals surface area contributed by atoms with E-state index in [4.69, 9.17) is 4.74 Å². The largest absolute Gasteiger partial charge is 0.496 e. The Morgan fingerprint density at radius 3 is 2.57 bits per heavy atom. The average Bonchev–Trinajstić information content (AvgIpc) is 2.47. The van der Waals surface area contributed by atoms with Crippen molar-refractivity contribution in [3.8, 4) is 5.75 Å². The molecule has 1 atom stereocenters. The van der Waals surface area contributed by atoms with Gasteiger partial charge in [-0.05, 0) is 19.1 Å². The van der Waals surface area contributed by atoms with Gasteiger partial charge in [-0.15, -0.1) is 0 Å². The van der Waals surface area contributed by atoms with E-state index in [-0.39, 0.29) is 5.82 Å². The molecule has 0 fully saturated rings. The summed E-state index contributed by atoms with van der Waals surface area (Å²) in [7, 11) is 3.42. The minimum absolute atomic E-state index is 0.342. The first kappa shape index (κ1) is 15.3. The van der Waals surface area contributed by atoms with Crippen molar-refractivity contribution >= 4 is 5.69 Å². The van der Waals surface area contributed by atoms with Crippen molar-refractivity contribution in [1.29, 1.82) is 0 Å². The van der Waals surface area contributed by atoms with Gasteiger partial charge in [0, 0.05) is 24.7 Å². The van der Waals surface area contributed by atoms with E-state index in [1.807, 2.05) is 24.3 Å². The number of hydrogen-bond acceptors (Lipinski definition) is 3. The van der Waals surface area contributed by atoms with Crippen LogP contribution in [0.15, 0.2) is 42.5 Å². The van der Waals surface area contributed by atoms with Crippen molar-refractivity contribution in [3.63, 3.8) is 0 Å². The number of aliphatic hydroxyl groups is 1. The lowest BCUT2D eigenvalue weighted by Crippen LogP contribution is -2.20. The highest BCUT2D eigenvalue weighted by Crippen LogP contribution is 2.30. The third-order valence-electron chi connectivity index (χ3n) is 3.45. The smallest absolute Gasteiger partial charge is 0.146 e. The Balaban J connectivity index is 2.35. The maximum absolute atomic E-state index is 14.2. The number of aliphatic hydroxyl groups excluding tert-OH is 1. The summed E-state index contributed by atoms with van der Waals surface area (Å²) >= 11 is 0. The maximum atomic E-state index is 14.2. The van der Waals surface area contributed by atoms with E-state index in [0.29, 0.717) is 17.8 Å². The highest BCUT2D eigenvalue weighted by atomic mass is 19.1. The number of benzene rings is 2. The molecule has 0 aromatic heterocycles. The van der Waals surface area contributed by atoms with Gasteiger partial charge in [0.25, 0.3) is 0 Å². The van der Waals surface area contributed by atoms with Crippen LogP contribution in [-0.2, 0) is 6.54 Å². The number of nitrogens with zero attached hydrogens (tertiary/aromatic N) is 1. The predicted molar refractivity (Wildman–Crippen MR) is 82.1 cm³/mol. The summed E-state index contributed by atoms with van der Waals surface area (Å²) in [4.78, 5) is 1.79. The molecule has 0 amide bonds. The molecule has 0 aliphatic carbocycles. The van der Waals surface area contributed by atoms with Crippen LogP contribution in [0.2, 0.25) is 0 Å². The first-order chi connectivity index (χ1) is 10.0. The molecule has 112 valence electrons. The monoisotopic (exact) mass is 289 g/mol. The third-order valence-corrected chi connectivity index (χ3v) is 3.45. The molecule has 0 aliphatic rings. The van der Waals surface area contributed by atoms with Crippen molar-refractivity contribution in [2.24, 2.45) is 0 Å². The normalized spacial score (nSPS) is 12.0. The zero-order valence-electron chi connectivity index (χ0n) is 12.5. The van der Waals surface area contributed by atoms with E-state index in [9.17, 15) is 9.50 Å². The van der Waals surface area contributed by atoms with E-state index in [2.05, 4.69) is 0 Å². The molecule has 0 saturated carbocycles. The summed E-state index contributed by atoms with van der Waals surface area (Å²) < 4.78 is 19.5. The Bertz CT molecular complexity index is 613. The molecule has 0 bridgehead atoms. The quantitative estimate of drug-likeness (QED) is 0.914. The Kier molecular flexibility index (Phi) is 4.81. The fourth-order valence-electron chi connectivity index (χ4n) is 2.44. The molecular weight excluding hydrogens is 269 g/mol. The Morgan fingerprint density at radius 1 is 1.19 bits per heavy atom. The molecule has 0 aliphatic heterocycles. The molecule has 2 aromatic rings. The standard InChI is InChI=1S/C17H20FNO2/c1-12(20)14-8-6-9-15(18)17(14)19(2)11-13-7-4-5-10-16(13)21-3/h4-10,12,20H,11H2,1-3H3. The number of rotatable bonds is 5. The van der Waals surface area contributed by atoms with Gasteiger partial charge >= 0.3 is 0 Å². The summed E-state index contributed by atoms with van der Waals surface area (Å²) in [6.07, 6.45) is -0.726. The molecule has 0 radical (unpaired) electrons. The topological polar surface area (TPSA) is 32.7 Å². The molecular formula is C17H20FNO2. The molecule has 3 nitrogen and oxygen atoms in total. The molecule has 1 N–H and O–H groups in total. The molecule has 4 heteroatoms. The number of halogens is 1. The van der Waals surface area contributed by atoms with Crippen LogP contribution < -0.4 is 9.64 Å². The van der Waals surface area contributed by atoms with Gasteiger partial charge in [0.05, 0.1) is 18.9 Å². The lowest BCUT2D eigenvalue weighted by Gasteiger charge is -2.25. The van der Waals surface area contributed by atoms with Crippen LogP contribution in [0, 0.1) is 5.82 Å². The molecule has 1 unspecified atom stereocenters. The van der Waals surface area contributed by atoms with Gasteiger partial charge in [0.2, 0.25) is 0 Å². The van der Waals surface area contributed by atoms with Crippen LogP contribution in [0.25, 0.3) is 0 Å². The molecule has 0 saturated heterocycles. The average molecular weight is 289 g/mol. The summed E-state index contributed by atoms with van der Waals surface area (Å²) in [6, 6.07) is 12.4. The van der Waals surface area contributed by atoms with Crippen LogP contribution in [0.3, 0.4) is 0 Å². The highest BCUT2D eigenvalue weighted by molar-refractivity contribution is 5.56. The third kappa shape index (κ3) is 3.34. The zero-order chi connectivity index (χ0) is 15.4. The summed E-state index contributed by atoms with van der Waals surface area (Å²) in [6.45, 7) is 2.12. The van der Waals surface area contributed by atoms with E-state index >= 15 is 0 Å². The van der Waals surface area contributed by atoms with Gasteiger partial charge in [-0.25, -0.2) is 4.39 Å². The van der Waals surface area contributed by atoms with Crippen LogP contribution in [0.1, 0.15) is 24.2 Å². The zero-order valence-corrected chi connectivity index (χ0v) is 12.5. The van der Waals surface area contributed by atoms with Crippen molar-refractivity contribution in [3.05, 3.63) is 59.4 Å². The van der Waals surface area contributed by atoms with E-state index in [0.717, 1.165) is 11.3 Å². The Hall–Kier alpha value is -2.07.